The van der Waals surface area contributed by atoms with Crippen LogP contribution in [0.5, 0.6) is 0 Å². The van der Waals surface area contributed by atoms with Crippen LogP contribution < -0.4 is 10.6 Å². The van der Waals surface area contributed by atoms with Crippen LogP contribution in [0.3, 0.4) is 0 Å². The van der Waals surface area contributed by atoms with Gasteiger partial charge in [-0.1, -0.05) is 49.7 Å². The number of aryl methyl sites for hydroxylation is 1. The minimum Gasteiger partial charge on any atom is -0.444 e. The maximum atomic E-state index is 14.2. The van der Waals surface area contributed by atoms with Crippen LogP contribution in [0.1, 0.15) is 76.0 Å². The largest absolute Gasteiger partial charge is 0.444 e. The molecule has 11 heteroatoms. The Hall–Kier alpha value is -4.31. The molecule has 5 rings (SSSR count). The average molecular weight is 631 g/mol. The summed E-state index contributed by atoms with van der Waals surface area (Å²) < 4.78 is 7.17. The second-order valence-electron chi connectivity index (χ2n) is 12.9. The van der Waals surface area contributed by atoms with Crippen LogP contribution in [0.25, 0.3) is 28.0 Å². The number of piperazine rings is 1. The van der Waals surface area contributed by atoms with Gasteiger partial charge < -0.3 is 14.5 Å². The van der Waals surface area contributed by atoms with Crippen molar-refractivity contribution in [3.05, 3.63) is 74.9 Å². The molecule has 1 aliphatic heterocycles. The maximum Gasteiger partial charge on any atom is 0.410 e. The van der Waals surface area contributed by atoms with Gasteiger partial charge in [0.25, 0.3) is 0 Å². The number of aldehydes is 1. The summed E-state index contributed by atoms with van der Waals surface area (Å²) in [4.78, 5) is 57.2. The van der Waals surface area contributed by atoms with Crippen LogP contribution in [0.15, 0.2) is 47.4 Å². The fourth-order valence-electron chi connectivity index (χ4n) is 5.81. The van der Waals surface area contributed by atoms with Gasteiger partial charge in [-0.05, 0) is 65.2 Å². The fraction of sp³-hybridized carbons (Fsp3) is 0.412. The molecule has 4 aromatic rings. The SMILES string of the molecule is Cc1ccnc(C(C)C)c1-n1c(=O)nc(N2C[C@@H](C)N(C(=O)OC(C)(C)C)C[C@@H]2C)c2cc(Cl)c(-c3ccccc3C=O)nc21. The zero-order valence-electron chi connectivity index (χ0n) is 27.0. The van der Waals surface area contributed by atoms with Gasteiger partial charge in [0.15, 0.2) is 11.9 Å². The number of aromatic nitrogens is 4. The molecule has 10 nitrogen and oxygen atoms in total. The van der Waals surface area contributed by atoms with E-state index in [1.54, 1.807) is 35.4 Å². The molecule has 0 bridgehead atoms. The molecule has 3 aromatic heterocycles. The lowest BCUT2D eigenvalue weighted by Crippen LogP contribution is -2.59. The van der Waals surface area contributed by atoms with Gasteiger partial charge in [0.2, 0.25) is 0 Å². The summed E-state index contributed by atoms with van der Waals surface area (Å²) in [6.45, 7) is 16.2. The summed E-state index contributed by atoms with van der Waals surface area (Å²) in [7, 11) is 0. The van der Waals surface area contributed by atoms with E-state index in [2.05, 4.69) is 9.97 Å². The van der Waals surface area contributed by atoms with Crippen LogP contribution in [0.4, 0.5) is 10.6 Å². The first-order valence-electron chi connectivity index (χ1n) is 15.1. The number of fused-ring (bicyclic) bond motifs is 1. The number of rotatable bonds is 5. The number of benzene rings is 1. The normalized spacial score (nSPS) is 17.2. The van der Waals surface area contributed by atoms with Crippen molar-refractivity contribution in [1.29, 1.82) is 0 Å². The molecule has 0 aliphatic carbocycles. The van der Waals surface area contributed by atoms with Crippen molar-refractivity contribution in [1.82, 2.24) is 24.4 Å². The van der Waals surface area contributed by atoms with E-state index in [0.29, 0.717) is 57.5 Å². The van der Waals surface area contributed by atoms with E-state index in [1.165, 1.54) is 4.57 Å². The minimum absolute atomic E-state index is 0.00545. The van der Waals surface area contributed by atoms with Gasteiger partial charge >= 0.3 is 11.8 Å². The molecule has 236 valence electrons. The second-order valence-corrected chi connectivity index (χ2v) is 13.4. The van der Waals surface area contributed by atoms with Crippen molar-refractivity contribution in [2.24, 2.45) is 0 Å². The van der Waals surface area contributed by atoms with Crippen molar-refractivity contribution in [2.45, 2.75) is 79.0 Å². The number of hydrogen-bond donors (Lipinski definition) is 0. The molecule has 0 saturated carbocycles. The number of ether oxygens (including phenoxy) is 1. The average Bonchev–Trinajstić information content (AvgIpc) is 2.97. The highest BCUT2D eigenvalue weighted by molar-refractivity contribution is 6.34. The summed E-state index contributed by atoms with van der Waals surface area (Å²) in [6.07, 6.45) is 2.11. The lowest BCUT2D eigenvalue weighted by atomic mass is 10.0. The minimum atomic E-state index is -0.624. The van der Waals surface area contributed by atoms with Gasteiger partial charge in [-0.3, -0.25) is 9.78 Å². The number of nitrogens with zero attached hydrogens (tertiary/aromatic N) is 6. The number of amides is 1. The van der Waals surface area contributed by atoms with Gasteiger partial charge in [0, 0.05) is 42.5 Å². The van der Waals surface area contributed by atoms with Crippen LogP contribution in [0, 0.1) is 6.92 Å². The van der Waals surface area contributed by atoms with Gasteiger partial charge in [0.05, 0.1) is 27.5 Å². The first-order chi connectivity index (χ1) is 21.2. The van der Waals surface area contributed by atoms with Crippen LogP contribution in [0.2, 0.25) is 5.02 Å². The molecule has 0 unspecified atom stereocenters. The Kier molecular flexibility index (Phi) is 8.72. The quantitative estimate of drug-likeness (QED) is 0.228. The van der Waals surface area contributed by atoms with E-state index in [0.717, 1.165) is 17.5 Å². The summed E-state index contributed by atoms with van der Waals surface area (Å²) in [5.74, 6) is 0.428. The Bertz CT molecular complexity index is 1850. The van der Waals surface area contributed by atoms with Crippen LogP contribution >= 0.6 is 11.6 Å². The molecule has 1 saturated heterocycles. The zero-order valence-corrected chi connectivity index (χ0v) is 27.7. The van der Waals surface area contributed by atoms with E-state index in [9.17, 15) is 14.4 Å². The molecule has 1 fully saturated rings. The third kappa shape index (κ3) is 6.16. The van der Waals surface area contributed by atoms with Gasteiger partial charge in [0.1, 0.15) is 11.4 Å². The standard InChI is InChI=1S/C34H39ClN6O4/c1-19(2)27-29(20(3)13-14-36-27)41-31-25(15-26(35)28(37-31)24-12-10-9-11-23(24)18-42)30(38-32(41)43)39-16-22(5)40(17-21(39)4)33(44)45-34(6,7)8/h9-15,18-19,21-22H,16-17H2,1-8H3/t21-,22+/m0/s1. The molecular formula is C34H39ClN6O4. The summed E-state index contributed by atoms with van der Waals surface area (Å²) in [6, 6.07) is 10.2. The second kappa shape index (κ2) is 12.2. The topological polar surface area (TPSA) is 111 Å². The van der Waals surface area contributed by atoms with E-state index in [4.69, 9.17) is 21.3 Å². The first kappa shape index (κ1) is 32.1. The van der Waals surface area contributed by atoms with Gasteiger partial charge in [-0.25, -0.2) is 19.1 Å². The summed E-state index contributed by atoms with van der Waals surface area (Å²) in [5, 5.41) is 0.875. The van der Waals surface area contributed by atoms with Crippen molar-refractivity contribution >= 4 is 40.8 Å². The molecule has 45 heavy (non-hydrogen) atoms. The zero-order chi connectivity index (χ0) is 32.8. The van der Waals surface area contributed by atoms with Crippen LogP contribution in [-0.4, -0.2) is 67.6 Å². The molecule has 1 amide bonds. The lowest BCUT2D eigenvalue weighted by molar-refractivity contribution is 0.0130. The number of halogens is 1. The Balaban J connectivity index is 1.76. The first-order valence-corrected chi connectivity index (χ1v) is 15.5. The smallest absolute Gasteiger partial charge is 0.410 e. The number of carbonyl (C=O) groups is 2. The highest BCUT2D eigenvalue weighted by atomic mass is 35.5. The van der Waals surface area contributed by atoms with Crippen molar-refractivity contribution < 1.29 is 14.3 Å². The van der Waals surface area contributed by atoms with Gasteiger partial charge in [-0.2, -0.15) is 4.98 Å². The van der Waals surface area contributed by atoms with E-state index < -0.39 is 11.3 Å². The predicted octanol–water partition coefficient (Wildman–Crippen LogP) is 6.57. The molecule has 4 heterocycles. The van der Waals surface area contributed by atoms with E-state index >= 15 is 0 Å². The molecular weight excluding hydrogens is 592 g/mol. The summed E-state index contributed by atoms with van der Waals surface area (Å²) in [5.41, 5.74) is 2.74. The molecule has 2 atom stereocenters. The highest BCUT2D eigenvalue weighted by Gasteiger charge is 2.36. The molecule has 1 aliphatic rings. The van der Waals surface area contributed by atoms with Crippen molar-refractivity contribution in [3.8, 4) is 16.9 Å². The van der Waals surface area contributed by atoms with Crippen molar-refractivity contribution in [2.75, 3.05) is 18.0 Å². The highest BCUT2D eigenvalue weighted by Crippen LogP contribution is 2.36. The van der Waals surface area contributed by atoms with Gasteiger partial charge in [-0.15, -0.1) is 0 Å². The molecule has 0 radical (unpaired) electrons. The number of anilines is 1. The maximum absolute atomic E-state index is 14.2. The predicted molar refractivity (Wildman–Crippen MR) is 177 cm³/mol. The fourth-order valence-corrected chi connectivity index (χ4v) is 6.06. The summed E-state index contributed by atoms with van der Waals surface area (Å²) >= 11 is 6.93. The van der Waals surface area contributed by atoms with E-state index in [1.807, 2.05) is 72.4 Å². The Morgan fingerprint density at radius 3 is 2.47 bits per heavy atom. The third-order valence-electron chi connectivity index (χ3n) is 7.96. The number of pyridine rings is 2. The number of carbonyl (C=O) groups excluding carboxylic acids is 2. The Morgan fingerprint density at radius 1 is 1.09 bits per heavy atom. The molecule has 0 N–H and O–H groups in total. The van der Waals surface area contributed by atoms with E-state index in [-0.39, 0.29) is 24.1 Å². The Labute approximate surface area is 268 Å². The third-order valence-corrected chi connectivity index (χ3v) is 8.24. The monoisotopic (exact) mass is 630 g/mol. The molecule has 0 spiro atoms. The Morgan fingerprint density at radius 2 is 1.80 bits per heavy atom. The lowest BCUT2D eigenvalue weighted by Gasteiger charge is -2.44. The van der Waals surface area contributed by atoms with Crippen LogP contribution in [-0.2, 0) is 4.74 Å². The molecule has 1 aromatic carbocycles. The number of hydrogen-bond acceptors (Lipinski definition) is 8. The van der Waals surface area contributed by atoms with Crippen molar-refractivity contribution in [3.63, 3.8) is 0 Å².